The third-order valence-corrected chi connectivity index (χ3v) is 3.62. The molecule has 13 heavy (non-hydrogen) atoms. The molecule has 0 spiro atoms. The summed E-state index contributed by atoms with van der Waals surface area (Å²) in [5.74, 6) is 0. The maximum Gasteiger partial charge on any atom is 0.0463 e. The van der Waals surface area contributed by atoms with E-state index in [1.807, 2.05) is 11.3 Å². The smallest absolute Gasteiger partial charge is 0.0463 e. The van der Waals surface area contributed by atoms with Gasteiger partial charge in [0.05, 0.1) is 0 Å². The number of rotatable bonds is 2. The Labute approximate surface area is 88.3 Å². The lowest BCUT2D eigenvalue weighted by atomic mass is 10.1. The quantitative estimate of drug-likeness (QED) is 0.686. The van der Waals surface area contributed by atoms with Gasteiger partial charge in [-0.05, 0) is 30.8 Å². The predicted molar refractivity (Wildman–Crippen MR) is 58.5 cm³/mol. The van der Waals surface area contributed by atoms with Crippen LogP contribution < -0.4 is 0 Å². The van der Waals surface area contributed by atoms with E-state index in [1.54, 1.807) is 0 Å². The summed E-state index contributed by atoms with van der Waals surface area (Å²) in [6.07, 6.45) is 2.43. The summed E-state index contributed by atoms with van der Waals surface area (Å²) in [5.41, 5.74) is 0. The van der Waals surface area contributed by atoms with E-state index in [0.717, 1.165) is 13.1 Å². The maximum absolute atomic E-state index is 6.11. The first kappa shape index (κ1) is 9.50. The molecule has 0 N–H and O–H groups in total. The largest absolute Gasteiger partial charge is 0.297 e. The average molecular weight is 216 g/mol. The summed E-state index contributed by atoms with van der Waals surface area (Å²) in [7, 11) is 0. The molecule has 1 nitrogen and oxygen atoms in total. The van der Waals surface area contributed by atoms with Crippen molar-refractivity contribution in [3.05, 3.63) is 22.4 Å². The first-order valence-electron chi connectivity index (χ1n) is 4.73. The molecule has 1 aromatic rings. The van der Waals surface area contributed by atoms with Gasteiger partial charge in [-0.1, -0.05) is 6.07 Å². The average Bonchev–Trinajstić information content (AvgIpc) is 2.57. The van der Waals surface area contributed by atoms with Crippen LogP contribution in [0.4, 0.5) is 0 Å². The van der Waals surface area contributed by atoms with Gasteiger partial charge in [-0.25, -0.2) is 0 Å². The molecule has 1 aliphatic rings. The van der Waals surface area contributed by atoms with Crippen molar-refractivity contribution in [1.29, 1.82) is 0 Å². The maximum atomic E-state index is 6.11. The second kappa shape index (κ2) is 4.45. The number of likely N-dealkylation sites (tertiary alicyclic amines) is 1. The van der Waals surface area contributed by atoms with Crippen molar-refractivity contribution in [3.8, 4) is 0 Å². The van der Waals surface area contributed by atoms with Crippen molar-refractivity contribution in [3.63, 3.8) is 0 Å². The molecule has 0 radical (unpaired) electrons. The van der Waals surface area contributed by atoms with Crippen molar-refractivity contribution >= 4 is 22.9 Å². The van der Waals surface area contributed by atoms with Crippen molar-refractivity contribution in [2.45, 2.75) is 24.8 Å². The van der Waals surface area contributed by atoms with Crippen LogP contribution in [0.1, 0.15) is 17.7 Å². The number of hydrogen-bond donors (Lipinski definition) is 0. The van der Waals surface area contributed by atoms with Gasteiger partial charge in [-0.2, -0.15) is 0 Å². The highest BCUT2D eigenvalue weighted by molar-refractivity contribution is 7.09. The van der Waals surface area contributed by atoms with Crippen LogP contribution >= 0.6 is 22.9 Å². The Morgan fingerprint density at radius 1 is 1.62 bits per heavy atom. The van der Waals surface area contributed by atoms with Crippen LogP contribution in [0.2, 0.25) is 0 Å². The standard InChI is InChI=1S/C10H14ClNS/c11-9-3-1-5-12(7-9)8-10-4-2-6-13-10/h2,4,6,9H,1,3,5,7-8H2. The van der Waals surface area contributed by atoms with E-state index in [1.165, 1.54) is 24.3 Å². The van der Waals surface area contributed by atoms with Crippen LogP contribution in [0.25, 0.3) is 0 Å². The molecule has 1 unspecified atom stereocenters. The monoisotopic (exact) mass is 215 g/mol. The second-order valence-electron chi connectivity index (χ2n) is 3.55. The van der Waals surface area contributed by atoms with Crippen molar-refractivity contribution < 1.29 is 0 Å². The zero-order valence-corrected chi connectivity index (χ0v) is 9.15. The fraction of sp³-hybridized carbons (Fsp3) is 0.600. The molecule has 0 amide bonds. The van der Waals surface area contributed by atoms with Crippen LogP contribution in [0.15, 0.2) is 17.5 Å². The van der Waals surface area contributed by atoms with Crippen molar-refractivity contribution in [1.82, 2.24) is 4.90 Å². The summed E-state index contributed by atoms with van der Waals surface area (Å²) in [6.45, 7) is 3.35. The van der Waals surface area contributed by atoms with Crippen molar-refractivity contribution in [2.24, 2.45) is 0 Å². The van der Waals surface area contributed by atoms with E-state index >= 15 is 0 Å². The van der Waals surface area contributed by atoms with Gasteiger partial charge in [0.1, 0.15) is 0 Å². The Kier molecular flexibility index (Phi) is 3.25. The van der Waals surface area contributed by atoms with E-state index in [2.05, 4.69) is 22.4 Å². The summed E-state index contributed by atoms with van der Waals surface area (Å²) in [5, 5.41) is 2.51. The number of thiophene rings is 1. The molecule has 2 heterocycles. The summed E-state index contributed by atoms with van der Waals surface area (Å²) in [6, 6.07) is 4.31. The molecule has 0 bridgehead atoms. The van der Waals surface area contributed by atoms with Crippen molar-refractivity contribution in [2.75, 3.05) is 13.1 Å². The first-order chi connectivity index (χ1) is 6.34. The van der Waals surface area contributed by atoms with Gasteiger partial charge in [-0.15, -0.1) is 22.9 Å². The summed E-state index contributed by atoms with van der Waals surface area (Å²) in [4.78, 5) is 3.90. The molecule has 1 saturated heterocycles. The molecule has 0 saturated carbocycles. The molecule has 2 rings (SSSR count). The molecule has 1 aromatic heterocycles. The lowest BCUT2D eigenvalue weighted by molar-refractivity contribution is 0.226. The molecule has 3 heteroatoms. The van der Waals surface area contributed by atoms with E-state index in [4.69, 9.17) is 11.6 Å². The molecular weight excluding hydrogens is 202 g/mol. The fourth-order valence-corrected chi connectivity index (χ4v) is 2.86. The number of hydrogen-bond acceptors (Lipinski definition) is 2. The van der Waals surface area contributed by atoms with Crippen LogP contribution in [-0.2, 0) is 6.54 Å². The molecule has 72 valence electrons. The Bertz CT molecular complexity index is 247. The van der Waals surface area contributed by atoms with Crippen LogP contribution in [0.5, 0.6) is 0 Å². The van der Waals surface area contributed by atoms with Gasteiger partial charge < -0.3 is 0 Å². The third kappa shape index (κ3) is 2.70. The van der Waals surface area contributed by atoms with Crippen LogP contribution in [0, 0.1) is 0 Å². The van der Waals surface area contributed by atoms with Crippen LogP contribution in [-0.4, -0.2) is 23.4 Å². The minimum atomic E-state index is 0.369. The number of alkyl halides is 1. The van der Waals surface area contributed by atoms with E-state index in [0.29, 0.717) is 5.38 Å². The number of piperidine rings is 1. The highest BCUT2D eigenvalue weighted by atomic mass is 35.5. The Morgan fingerprint density at radius 3 is 3.23 bits per heavy atom. The number of nitrogens with zero attached hydrogens (tertiary/aromatic N) is 1. The highest BCUT2D eigenvalue weighted by Crippen LogP contribution is 2.19. The zero-order chi connectivity index (χ0) is 9.10. The number of halogens is 1. The topological polar surface area (TPSA) is 3.24 Å². The lowest BCUT2D eigenvalue weighted by Crippen LogP contribution is -2.35. The van der Waals surface area contributed by atoms with Gasteiger partial charge in [0, 0.05) is 23.3 Å². The second-order valence-corrected chi connectivity index (χ2v) is 5.20. The van der Waals surface area contributed by atoms with E-state index < -0.39 is 0 Å². The first-order valence-corrected chi connectivity index (χ1v) is 6.05. The summed E-state index contributed by atoms with van der Waals surface area (Å²) >= 11 is 7.95. The molecular formula is C10H14ClNS. The Hall–Kier alpha value is -0.0500. The SMILES string of the molecule is ClC1CCCN(Cc2cccs2)C1. The normalized spacial score (nSPS) is 24.8. The molecule has 1 fully saturated rings. The minimum absolute atomic E-state index is 0.369. The molecule has 0 aromatic carbocycles. The van der Waals surface area contributed by atoms with Gasteiger partial charge in [0.15, 0.2) is 0 Å². The predicted octanol–water partition coefficient (Wildman–Crippen LogP) is 2.95. The van der Waals surface area contributed by atoms with Gasteiger partial charge >= 0.3 is 0 Å². The fourth-order valence-electron chi connectivity index (χ4n) is 1.77. The molecule has 0 aliphatic carbocycles. The van der Waals surface area contributed by atoms with Gasteiger partial charge in [-0.3, -0.25) is 4.90 Å². The highest BCUT2D eigenvalue weighted by Gasteiger charge is 2.17. The van der Waals surface area contributed by atoms with Gasteiger partial charge in [0.25, 0.3) is 0 Å². The van der Waals surface area contributed by atoms with Gasteiger partial charge in [0.2, 0.25) is 0 Å². The third-order valence-electron chi connectivity index (χ3n) is 2.41. The summed E-state index contributed by atoms with van der Waals surface area (Å²) < 4.78 is 0. The molecule has 1 aliphatic heterocycles. The molecule has 1 atom stereocenters. The lowest BCUT2D eigenvalue weighted by Gasteiger charge is -2.29. The van der Waals surface area contributed by atoms with Crippen LogP contribution in [0.3, 0.4) is 0 Å². The van der Waals surface area contributed by atoms with E-state index in [9.17, 15) is 0 Å². The Balaban J connectivity index is 1.87. The Morgan fingerprint density at radius 2 is 2.54 bits per heavy atom. The zero-order valence-electron chi connectivity index (χ0n) is 7.58. The van der Waals surface area contributed by atoms with E-state index in [-0.39, 0.29) is 0 Å². The minimum Gasteiger partial charge on any atom is -0.297 e.